The molecule has 0 atom stereocenters. The molecular weight excluding hydrogens is 96.9 g/mol. The molecule has 2 fully saturated rings. The lowest BCUT2D eigenvalue weighted by Gasteiger charge is -2.09. The molecule has 0 amide bonds. The Balaban J connectivity index is 2.04. The molecule has 2 heterocycles. The van der Waals surface area contributed by atoms with E-state index >= 15 is 0 Å². The van der Waals surface area contributed by atoms with Gasteiger partial charge >= 0.3 is 0 Å². The van der Waals surface area contributed by atoms with Crippen molar-refractivity contribution in [1.29, 1.82) is 0 Å². The van der Waals surface area contributed by atoms with E-state index in [4.69, 9.17) is 0 Å². The summed E-state index contributed by atoms with van der Waals surface area (Å²) in [5.74, 6) is 0. The van der Waals surface area contributed by atoms with Crippen molar-refractivity contribution in [2.24, 2.45) is 0 Å². The number of fused-ring (bicyclic) bond motifs is 1. The van der Waals surface area contributed by atoms with E-state index in [1.165, 1.54) is 38.6 Å². The zero-order valence-corrected chi connectivity index (χ0v) is 5.27. The second kappa shape index (κ2) is 1.76. The summed E-state index contributed by atoms with van der Waals surface area (Å²) in [5.41, 5.74) is 0. The van der Waals surface area contributed by atoms with Crippen LogP contribution in [0.2, 0.25) is 12.6 Å². The van der Waals surface area contributed by atoms with Gasteiger partial charge in [-0.1, -0.05) is 12.6 Å². The maximum absolute atomic E-state index is 2.64. The molecule has 0 aromatic carbocycles. The molecule has 2 aliphatic heterocycles. The number of hydrogen-bond acceptors (Lipinski definition) is 1. The molecule has 0 bridgehead atoms. The third-order valence-corrected chi connectivity index (χ3v) is 2.48. The summed E-state index contributed by atoms with van der Waals surface area (Å²) < 4.78 is 0. The molecule has 0 unspecified atom stereocenters. The van der Waals surface area contributed by atoms with Gasteiger partial charge in [-0.05, 0) is 25.9 Å². The summed E-state index contributed by atoms with van der Waals surface area (Å²) in [7, 11) is 0. The third-order valence-electron chi connectivity index (χ3n) is 2.48. The molecule has 0 aromatic rings. The first-order valence-corrected chi connectivity index (χ1v) is 3.71. The summed E-state index contributed by atoms with van der Waals surface area (Å²) in [4.78, 5) is 2.64. The molecular formula is C6H12BN. The van der Waals surface area contributed by atoms with Crippen LogP contribution in [0.3, 0.4) is 0 Å². The summed E-state index contributed by atoms with van der Waals surface area (Å²) in [6.45, 7) is 3.80. The van der Waals surface area contributed by atoms with Crippen LogP contribution >= 0.6 is 0 Å². The van der Waals surface area contributed by atoms with Crippen molar-refractivity contribution in [3.63, 3.8) is 0 Å². The highest BCUT2D eigenvalue weighted by Crippen LogP contribution is 2.25. The summed E-state index contributed by atoms with van der Waals surface area (Å²) in [5, 5.41) is 0. The normalized spacial score (nSPS) is 29.2. The SMILES string of the molecule is C1CB2CCCN2C1. The topological polar surface area (TPSA) is 3.24 Å². The lowest BCUT2D eigenvalue weighted by Crippen LogP contribution is -2.25. The average molecular weight is 109 g/mol. The van der Waals surface area contributed by atoms with Crippen molar-refractivity contribution in [3.05, 3.63) is 0 Å². The lowest BCUT2D eigenvalue weighted by molar-refractivity contribution is 0.497. The molecule has 0 radical (unpaired) electrons. The van der Waals surface area contributed by atoms with Gasteiger partial charge in [-0.15, -0.1) is 0 Å². The Morgan fingerprint density at radius 3 is 2.12 bits per heavy atom. The second-order valence-corrected chi connectivity index (χ2v) is 2.97. The molecule has 2 saturated heterocycles. The monoisotopic (exact) mass is 109 g/mol. The zero-order valence-electron chi connectivity index (χ0n) is 5.27. The van der Waals surface area contributed by atoms with Crippen LogP contribution in [0.25, 0.3) is 0 Å². The van der Waals surface area contributed by atoms with Crippen molar-refractivity contribution in [2.45, 2.75) is 25.5 Å². The molecule has 0 aliphatic carbocycles. The molecule has 2 rings (SSSR count). The molecule has 8 heavy (non-hydrogen) atoms. The van der Waals surface area contributed by atoms with Gasteiger partial charge in [0, 0.05) is 0 Å². The van der Waals surface area contributed by atoms with Crippen LogP contribution in [-0.4, -0.2) is 24.7 Å². The van der Waals surface area contributed by atoms with Crippen molar-refractivity contribution in [1.82, 2.24) is 4.81 Å². The van der Waals surface area contributed by atoms with E-state index in [0.29, 0.717) is 0 Å². The van der Waals surface area contributed by atoms with E-state index in [1.54, 1.807) is 0 Å². The minimum absolute atomic E-state index is 1.01. The zero-order chi connectivity index (χ0) is 5.40. The van der Waals surface area contributed by atoms with Gasteiger partial charge in [-0.2, -0.15) is 0 Å². The Morgan fingerprint density at radius 1 is 1.00 bits per heavy atom. The molecule has 0 saturated carbocycles. The van der Waals surface area contributed by atoms with Crippen molar-refractivity contribution in [3.8, 4) is 0 Å². The lowest BCUT2D eigenvalue weighted by atomic mass is 9.59. The Hall–Kier alpha value is 0.0249. The Kier molecular flexibility index (Phi) is 1.07. The Bertz CT molecular complexity index is 74.5. The highest BCUT2D eigenvalue weighted by Gasteiger charge is 2.31. The Labute approximate surface area is 51.2 Å². The van der Waals surface area contributed by atoms with Crippen LogP contribution in [-0.2, 0) is 0 Å². The van der Waals surface area contributed by atoms with Gasteiger partial charge < -0.3 is 4.81 Å². The number of nitrogens with zero attached hydrogens (tertiary/aromatic N) is 1. The standard InChI is InChI=1S/C6H12BN/c1-3-7-4-2-6-8(7)5-1/h1-6H2. The van der Waals surface area contributed by atoms with E-state index in [0.717, 1.165) is 6.85 Å². The fourth-order valence-corrected chi connectivity index (χ4v) is 2.05. The third kappa shape index (κ3) is 0.592. The molecule has 0 aromatic heterocycles. The minimum Gasteiger partial charge on any atom is -0.342 e. The van der Waals surface area contributed by atoms with Crippen LogP contribution in [0.4, 0.5) is 0 Å². The molecule has 0 N–H and O–H groups in total. The minimum atomic E-state index is 1.01. The molecule has 44 valence electrons. The second-order valence-electron chi connectivity index (χ2n) is 2.97. The fraction of sp³-hybridized carbons (Fsp3) is 1.00. The van der Waals surface area contributed by atoms with Crippen molar-refractivity contribution >= 4 is 6.85 Å². The Morgan fingerprint density at radius 2 is 1.62 bits per heavy atom. The van der Waals surface area contributed by atoms with Crippen LogP contribution < -0.4 is 0 Å². The predicted octanol–water partition coefficient (Wildman–Crippen LogP) is 1.09. The van der Waals surface area contributed by atoms with E-state index in [1.807, 2.05) is 0 Å². The summed E-state index contributed by atoms with van der Waals surface area (Å²) in [6, 6.07) is 0. The first-order chi connectivity index (χ1) is 3.97. The highest BCUT2D eigenvalue weighted by molar-refractivity contribution is 6.57. The van der Waals surface area contributed by atoms with Crippen LogP contribution in [0.5, 0.6) is 0 Å². The van der Waals surface area contributed by atoms with Crippen molar-refractivity contribution < 1.29 is 0 Å². The summed E-state index contributed by atoms with van der Waals surface area (Å²) >= 11 is 0. The maximum atomic E-state index is 2.64. The van der Waals surface area contributed by atoms with Gasteiger partial charge in [0.1, 0.15) is 0 Å². The van der Waals surface area contributed by atoms with Crippen LogP contribution in [0.15, 0.2) is 0 Å². The quantitative estimate of drug-likeness (QED) is 0.421. The van der Waals surface area contributed by atoms with E-state index in [2.05, 4.69) is 4.81 Å². The molecule has 2 aliphatic rings. The summed E-state index contributed by atoms with van der Waals surface area (Å²) in [6.07, 6.45) is 5.90. The van der Waals surface area contributed by atoms with Gasteiger partial charge in [-0.3, -0.25) is 0 Å². The highest BCUT2D eigenvalue weighted by atomic mass is 15.1. The smallest absolute Gasteiger partial charge is 0.223 e. The number of hydrogen-bond donors (Lipinski definition) is 0. The van der Waals surface area contributed by atoms with Gasteiger partial charge in [-0.25, -0.2) is 0 Å². The predicted molar refractivity (Wildman–Crippen MR) is 36.2 cm³/mol. The van der Waals surface area contributed by atoms with E-state index < -0.39 is 0 Å². The molecule has 1 nitrogen and oxygen atoms in total. The van der Waals surface area contributed by atoms with Crippen molar-refractivity contribution in [2.75, 3.05) is 13.1 Å². The van der Waals surface area contributed by atoms with Gasteiger partial charge in [0.15, 0.2) is 0 Å². The van der Waals surface area contributed by atoms with E-state index in [-0.39, 0.29) is 0 Å². The molecule has 2 heteroatoms. The average Bonchev–Trinajstić information content (AvgIpc) is 2.15. The van der Waals surface area contributed by atoms with Crippen LogP contribution in [0.1, 0.15) is 12.8 Å². The van der Waals surface area contributed by atoms with Gasteiger partial charge in [0.2, 0.25) is 6.85 Å². The molecule has 0 spiro atoms. The van der Waals surface area contributed by atoms with Gasteiger partial charge in [0.25, 0.3) is 0 Å². The fourth-order valence-electron chi connectivity index (χ4n) is 2.05. The largest absolute Gasteiger partial charge is 0.342 e. The van der Waals surface area contributed by atoms with Gasteiger partial charge in [0.05, 0.1) is 0 Å². The number of rotatable bonds is 0. The van der Waals surface area contributed by atoms with Crippen LogP contribution in [0, 0.1) is 0 Å². The first-order valence-electron chi connectivity index (χ1n) is 3.71. The maximum Gasteiger partial charge on any atom is 0.223 e. The van der Waals surface area contributed by atoms with E-state index in [9.17, 15) is 0 Å². The first kappa shape index (κ1) is 4.86.